The third-order valence-corrected chi connectivity index (χ3v) is 4.10. The molecule has 1 aromatic carbocycles. The van der Waals surface area contributed by atoms with Gasteiger partial charge in [-0.2, -0.15) is 0 Å². The van der Waals surface area contributed by atoms with Crippen LogP contribution in [0.15, 0.2) is 41.0 Å². The fraction of sp³-hybridized carbons (Fsp3) is 0.312. The van der Waals surface area contributed by atoms with Gasteiger partial charge < -0.3 is 14.6 Å². The number of aromatic amines is 1. The number of halogens is 1. The number of carbonyl (C=O) groups excluding carboxylic acids is 1. The Morgan fingerprint density at radius 1 is 1.38 bits per heavy atom. The highest BCUT2D eigenvalue weighted by atomic mass is 79.9. The van der Waals surface area contributed by atoms with E-state index < -0.39 is 0 Å². The van der Waals surface area contributed by atoms with Crippen molar-refractivity contribution in [3.63, 3.8) is 0 Å². The third kappa shape index (κ3) is 3.29. The van der Waals surface area contributed by atoms with Crippen LogP contribution in [-0.2, 0) is 6.54 Å². The van der Waals surface area contributed by atoms with Gasteiger partial charge in [-0.3, -0.25) is 4.79 Å². The summed E-state index contributed by atoms with van der Waals surface area (Å²) in [6, 6.07) is 10.1. The number of H-pyrrole nitrogens is 1. The maximum Gasteiger partial charge on any atom is 0.270 e. The number of rotatable bonds is 5. The van der Waals surface area contributed by atoms with Crippen molar-refractivity contribution in [2.45, 2.75) is 25.4 Å². The van der Waals surface area contributed by atoms with Crippen LogP contribution < -0.4 is 4.74 Å². The van der Waals surface area contributed by atoms with E-state index in [1.54, 1.807) is 13.3 Å². The predicted octanol–water partition coefficient (Wildman–Crippen LogP) is 3.59. The number of amides is 1. The van der Waals surface area contributed by atoms with Crippen molar-refractivity contribution < 1.29 is 9.53 Å². The van der Waals surface area contributed by atoms with Gasteiger partial charge in [-0.15, -0.1) is 0 Å². The highest BCUT2D eigenvalue weighted by Gasteiger charge is 2.33. The van der Waals surface area contributed by atoms with Gasteiger partial charge in [-0.05, 0) is 52.5 Å². The van der Waals surface area contributed by atoms with E-state index in [4.69, 9.17) is 4.74 Å². The van der Waals surface area contributed by atoms with E-state index >= 15 is 0 Å². The molecule has 3 rings (SSSR count). The number of ether oxygens (including phenoxy) is 1. The molecule has 1 aliphatic carbocycles. The molecule has 1 fully saturated rings. The van der Waals surface area contributed by atoms with E-state index in [1.165, 1.54) is 0 Å². The number of benzene rings is 1. The molecule has 1 aromatic heterocycles. The summed E-state index contributed by atoms with van der Waals surface area (Å²) in [7, 11) is 1.65. The average Bonchev–Trinajstić information content (AvgIpc) is 3.26. The first kappa shape index (κ1) is 14.2. The Kier molecular flexibility index (Phi) is 4.01. The molecule has 0 radical (unpaired) electrons. The number of hydrogen-bond donors (Lipinski definition) is 1. The third-order valence-electron chi connectivity index (χ3n) is 3.64. The van der Waals surface area contributed by atoms with Crippen molar-refractivity contribution in [1.82, 2.24) is 9.88 Å². The van der Waals surface area contributed by atoms with Crippen LogP contribution in [0.1, 0.15) is 28.9 Å². The second-order valence-corrected chi connectivity index (χ2v) is 6.16. The first-order chi connectivity index (χ1) is 10.2. The van der Waals surface area contributed by atoms with Crippen molar-refractivity contribution in [2.24, 2.45) is 0 Å². The molecule has 1 aliphatic rings. The summed E-state index contributed by atoms with van der Waals surface area (Å²) < 4.78 is 6.06. The zero-order valence-electron chi connectivity index (χ0n) is 11.8. The molecule has 4 nitrogen and oxygen atoms in total. The van der Waals surface area contributed by atoms with E-state index in [9.17, 15) is 4.79 Å². The number of hydrogen-bond acceptors (Lipinski definition) is 2. The molecule has 1 amide bonds. The molecule has 1 N–H and O–H groups in total. The van der Waals surface area contributed by atoms with Crippen molar-refractivity contribution >= 4 is 21.8 Å². The molecule has 0 spiro atoms. The lowest BCUT2D eigenvalue weighted by atomic mass is 10.2. The van der Waals surface area contributed by atoms with Crippen LogP contribution in [0.3, 0.4) is 0 Å². The Labute approximate surface area is 132 Å². The maximum atomic E-state index is 12.6. The molecule has 0 aliphatic heterocycles. The number of methoxy groups -OCH3 is 1. The molecule has 110 valence electrons. The van der Waals surface area contributed by atoms with Crippen LogP contribution in [-0.4, -0.2) is 28.9 Å². The fourth-order valence-electron chi connectivity index (χ4n) is 2.33. The van der Waals surface area contributed by atoms with Gasteiger partial charge in [-0.1, -0.05) is 12.1 Å². The summed E-state index contributed by atoms with van der Waals surface area (Å²) in [5.41, 5.74) is 1.74. The van der Waals surface area contributed by atoms with Gasteiger partial charge in [0.2, 0.25) is 0 Å². The van der Waals surface area contributed by atoms with Gasteiger partial charge in [0.15, 0.2) is 0 Å². The van der Waals surface area contributed by atoms with Crippen LogP contribution in [0.2, 0.25) is 0 Å². The first-order valence-corrected chi connectivity index (χ1v) is 7.74. The summed E-state index contributed by atoms with van der Waals surface area (Å²) >= 11 is 3.37. The standard InChI is InChI=1S/C16H17BrN2O2/c1-21-14-6-2-11(3-7-14)10-19(13-4-5-13)16(20)15-8-12(17)9-18-15/h2-3,6-9,13,18H,4-5,10H2,1H3. The molecule has 0 bridgehead atoms. The largest absolute Gasteiger partial charge is 0.497 e. The van der Waals surface area contributed by atoms with E-state index in [0.717, 1.165) is 28.6 Å². The molecule has 0 atom stereocenters. The Morgan fingerprint density at radius 2 is 2.10 bits per heavy atom. The minimum absolute atomic E-state index is 0.0546. The molecule has 21 heavy (non-hydrogen) atoms. The van der Waals surface area contributed by atoms with Crippen LogP contribution >= 0.6 is 15.9 Å². The van der Waals surface area contributed by atoms with Crippen LogP contribution in [0, 0.1) is 0 Å². The number of nitrogens with one attached hydrogen (secondary N) is 1. The Balaban J connectivity index is 1.76. The maximum absolute atomic E-state index is 12.6. The molecule has 1 saturated carbocycles. The predicted molar refractivity (Wildman–Crippen MR) is 84.4 cm³/mol. The lowest BCUT2D eigenvalue weighted by molar-refractivity contribution is 0.0724. The second-order valence-electron chi connectivity index (χ2n) is 5.24. The first-order valence-electron chi connectivity index (χ1n) is 6.95. The number of aromatic nitrogens is 1. The van der Waals surface area contributed by atoms with Gasteiger partial charge >= 0.3 is 0 Å². The van der Waals surface area contributed by atoms with Gasteiger partial charge in [0.05, 0.1) is 7.11 Å². The molecule has 0 unspecified atom stereocenters. The van der Waals surface area contributed by atoms with E-state index in [1.807, 2.05) is 35.2 Å². The summed E-state index contributed by atoms with van der Waals surface area (Å²) in [4.78, 5) is 17.6. The van der Waals surface area contributed by atoms with Gasteiger partial charge in [0.25, 0.3) is 5.91 Å². The van der Waals surface area contributed by atoms with Gasteiger partial charge in [0.1, 0.15) is 11.4 Å². The summed E-state index contributed by atoms with van der Waals surface area (Å²) in [6.45, 7) is 0.629. The molecule has 5 heteroatoms. The minimum Gasteiger partial charge on any atom is -0.497 e. The van der Waals surface area contributed by atoms with Crippen LogP contribution in [0.5, 0.6) is 5.75 Å². The molecular weight excluding hydrogens is 332 g/mol. The topological polar surface area (TPSA) is 45.3 Å². The van der Waals surface area contributed by atoms with Crippen LogP contribution in [0.4, 0.5) is 0 Å². The zero-order chi connectivity index (χ0) is 14.8. The highest BCUT2D eigenvalue weighted by molar-refractivity contribution is 9.10. The summed E-state index contributed by atoms with van der Waals surface area (Å²) in [5.74, 6) is 0.885. The SMILES string of the molecule is COc1ccc(CN(C(=O)c2cc(Br)c[nH]2)C2CC2)cc1. The molecule has 0 saturated heterocycles. The smallest absolute Gasteiger partial charge is 0.270 e. The molecule has 1 heterocycles. The monoisotopic (exact) mass is 348 g/mol. The molecular formula is C16H17BrN2O2. The summed E-state index contributed by atoms with van der Waals surface area (Å²) in [6.07, 6.45) is 3.96. The van der Waals surface area contributed by atoms with Crippen LogP contribution in [0.25, 0.3) is 0 Å². The van der Waals surface area contributed by atoms with Gasteiger partial charge in [-0.25, -0.2) is 0 Å². The number of carbonyl (C=O) groups is 1. The van der Waals surface area contributed by atoms with E-state index in [2.05, 4.69) is 20.9 Å². The lowest BCUT2D eigenvalue weighted by Crippen LogP contribution is -2.32. The molecule has 2 aromatic rings. The Hall–Kier alpha value is -1.75. The second kappa shape index (κ2) is 5.93. The van der Waals surface area contributed by atoms with E-state index in [-0.39, 0.29) is 5.91 Å². The lowest BCUT2D eigenvalue weighted by Gasteiger charge is -2.22. The number of nitrogens with zero attached hydrogens (tertiary/aromatic N) is 1. The Morgan fingerprint density at radius 3 is 2.62 bits per heavy atom. The fourth-order valence-corrected chi connectivity index (χ4v) is 2.67. The van der Waals surface area contributed by atoms with E-state index in [0.29, 0.717) is 18.3 Å². The van der Waals surface area contributed by atoms with Crippen molar-refractivity contribution in [3.8, 4) is 5.75 Å². The zero-order valence-corrected chi connectivity index (χ0v) is 13.4. The summed E-state index contributed by atoms with van der Waals surface area (Å²) in [5, 5.41) is 0. The van der Waals surface area contributed by atoms with Gasteiger partial charge in [0, 0.05) is 23.3 Å². The quantitative estimate of drug-likeness (QED) is 0.897. The van der Waals surface area contributed by atoms with Crippen molar-refractivity contribution in [1.29, 1.82) is 0 Å². The Bertz CT molecular complexity index is 632. The van der Waals surface area contributed by atoms with Crippen molar-refractivity contribution in [2.75, 3.05) is 7.11 Å². The normalized spacial score (nSPS) is 14.0. The minimum atomic E-state index is 0.0546. The van der Waals surface area contributed by atoms with Crippen molar-refractivity contribution in [3.05, 3.63) is 52.3 Å². The highest BCUT2D eigenvalue weighted by Crippen LogP contribution is 2.30. The average molecular weight is 349 g/mol.